The molecule has 2 aromatic rings. The first-order chi connectivity index (χ1) is 12.2. The van der Waals surface area contributed by atoms with E-state index in [1.165, 1.54) is 4.88 Å². The maximum absolute atomic E-state index is 13.4. The van der Waals surface area contributed by atoms with E-state index < -0.39 is 0 Å². The van der Waals surface area contributed by atoms with Crippen LogP contribution in [0.5, 0.6) is 5.88 Å². The van der Waals surface area contributed by atoms with Crippen molar-refractivity contribution in [3.8, 4) is 5.88 Å². The molecule has 0 N–H and O–H groups in total. The number of ether oxygens (including phenoxy) is 1. The molecule has 1 atom stereocenters. The molecule has 25 heavy (non-hydrogen) atoms. The van der Waals surface area contributed by atoms with E-state index in [0.717, 1.165) is 43.1 Å². The summed E-state index contributed by atoms with van der Waals surface area (Å²) in [6.07, 6.45) is 6.85. The second-order valence-electron chi connectivity index (χ2n) is 6.86. The zero-order chi connectivity index (χ0) is 17.3. The SMILES string of the molecule is O=C(N1CCC(Oc2ccc(Br)cn2)C1)C1(c2cccs2)CCCC1. The Morgan fingerprint density at radius 1 is 1.32 bits per heavy atom. The minimum atomic E-state index is -0.293. The molecular formula is C19H21BrN2O2S. The van der Waals surface area contributed by atoms with Crippen molar-refractivity contribution in [1.82, 2.24) is 9.88 Å². The summed E-state index contributed by atoms with van der Waals surface area (Å²) in [5.74, 6) is 0.915. The third kappa shape index (κ3) is 3.34. The van der Waals surface area contributed by atoms with Crippen molar-refractivity contribution in [3.63, 3.8) is 0 Å². The van der Waals surface area contributed by atoms with E-state index in [1.54, 1.807) is 17.5 Å². The summed E-state index contributed by atoms with van der Waals surface area (Å²) in [5.41, 5.74) is -0.293. The summed E-state index contributed by atoms with van der Waals surface area (Å²) in [7, 11) is 0. The van der Waals surface area contributed by atoms with Gasteiger partial charge in [-0.05, 0) is 46.3 Å². The lowest BCUT2D eigenvalue weighted by Gasteiger charge is -2.31. The van der Waals surface area contributed by atoms with Crippen LogP contribution in [0, 0.1) is 0 Å². The van der Waals surface area contributed by atoms with Crippen LogP contribution in [0.2, 0.25) is 0 Å². The van der Waals surface area contributed by atoms with Crippen LogP contribution in [0.25, 0.3) is 0 Å². The Bertz CT molecular complexity index is 726. The second-order valence-corrected chi connectivity index (χ2v) is 8.72. The summed E-state index contributed by atoms with van der Waals surface area (Å²) >= 11 is 5.10. The topological polar surface area (TPSA) is 42.4 Å². The fourth-order valence-electron chi connectivity index (χ4n) is 4.01. The Hall–Kier alpha value is -1.40. The second kappa shape index (κ2) is 7.08. The van der Waals surface area contributed by atoms with Gasteiger partial charge in [-0.2, -0.15) is 0 Å². The normalized spacial score (nSPS) is 22.3. The van der Waals surface area contributed by atoms with E-state index in [1.807, 2.05) is 17.0 Å². The molecule has 0 radical (unpaired) electrons. The van der Waals surface area contributed by atoms with Gasteiger partial charge in [0.1, 0.15) is 6.10 Å². The van der Waals surface area contributed by atoms with Gasteiger partial charge in [0.25, 0.3) is 0 Å². The summed E-state index contributed by atoms with van der Waals surface area (Å²) < 4.78 is 6.91. The maximum atomic E-state index is 13.4. The number of pyridine rings is 1. The molecule has 1 aliphatic heterocycles. The van der Waals surface area contributed by atoms with Gasteiger partial charge in [-0.25, -0.2) is 4.98 Å². The molecule has 6 heteroatoms. The van der Waals surface area contributed by atoms with E-state index in [-0.39, 0.29) is 11.5 Å². The number of thiophene rings is 1. The third-order valence-corrected chi connectivity index (χ3v) is 6.82. The first kappa shape index (κ1) is 17.0. The predicted octanol–water partition coefficient (Wildman–Crippen LogP) is 4.40. The monoisotopic (exact) mass is 420 g/mol. The van der Waals surface area contributed by atoms with Crippen LogP contribution < -0.4 is 4.74 Å². The van der Waals surface area contributed by atoms with Crippen molar-refractivity contribution in [3.05, 3.63) is 45.2 Å². The molecule has 1 saturated heterocycles. The van der Waals surface area contributed by atoms with Gasteiger partial charge < -0.3 is 9.64 Å². The highest BCUT2D eigenvalue weighted by Gasteiger charge is 2.47. The summed E-state index contributed by atoms with van der Waals surface area (Å²) in [6.45, 7) is 1.43. The molecule has 2 fully saturated rings. The lowest BCUT2D eigenvalue weighted by atomic mass is 9.83. The number of nitrogens with zero attached hydrogens (tertiary/aromatic N) is 2. The van der Waals surface area contributed by atoms with E-state index in [2.05, 4.69) is 38.4 Å². The fourth-order valence-corrected chi connectivity index (χ4v) is 5.22. The van der Waals surface area contributed by atoms with E-state index >= 15 is 0 Å². The molecule has 0 aromatic carbocycles. The highest BCUT2D eigenvalue weighted by molar-refractivity contribution is 9.10. The molecule has 0 bridgehead atoms. The van der Waals surface area contributed by atoms with Crippen LogP contribution in [0.15, 0.2) is 40.3 Å². The maximum Gasteiger partial charge on any atom is 0.234 e. The van der Waals surface area contributed by atoms with Crippen LogP contribution in [-0.4, -0.2) is 35.0 Å². The minimum Gasteiger partial charge on any atom is -0.472 e. The van der Waals surface area contributed by atoms with Gasteiger partial charge >= 0.3 is 0 Å². The molecule has 2 aliphatic rings. The van der Waals surface area contributed by atoms with Gasteiger partial charge in [-0.15, -0.1) is 11.3 Å². The minimum absolute atomic E-state index is 0.0272. The molecule has 3 heterocycles. The van der Waals surface area contributed by atoms with Gasteiger partial charge in [-0.3, -0.25) is 4.79 Å². The van der Waals surface area contributed by atoms with E-state index in [4.69, 9.17) is 4.74 Å². The van der Waals surface area contributed by atoms with Gasteiger partial charge in [0, 0.05) is 34.6 Å². The predicted molar refractivity (Wildman–Crippen MR) is 102 cm³/mol. The van der Waals surface area contributed by atoms with Crippen LogP contribution in [0.4, 0.5) is 0 Å². The van der Waals surface area contributed by atoms with E-state index in [9.17, 15) is 4.79 Å². The number of carbonyl (C=O) groups excluding carboxylic acids is 1. The summed E-state index contributed by atoms with van der Waals surface area (Å²) in [5, 5.41) is 2.08. The largest absolute Gasteiger partial charge is 0.472 e. The molecule has 4 rings (SSSR count). The van der Waals surface area contributed by atoms with Crippen molar-refractivity contribution in [2.75, 3.05) is 13.1 Å². The zero-order valence-electron chi connectivity index (χ0n) is 14.0. The molecule has 1 aliphatic carbocycles. The molecule has 1 unspecified atom stereocenters. The molecular weight excluding hydrogens is 400 g/mol. The standard InChI is InChI=1S/C19H21BrN2O2S/c20-14-5-6-17(21-12-14)24-15-7-10-22(13-15)18(23)19(8-1-2-9-19)16-4-3-11-25-16/h3-6,11-12,15H,1-2,7-10,13H2. The van der Waals surface area contributed by atoms with Crippen LogP contribution in [0.1, 0.15) is 37.0 Å². The first-order valence-corrected chi connectivity index (χ1v) is 10.5. The number of halogens is 1. The lowest BCUT2D eigenvalue weighted by molar-refractivity contribution is -0.136. The van der Waals surface area contributed by atoms with Crippen molar-refractivity contribution in [2.24, 2.45) is 0 Å². The highest BCUT2D eigenvalue weighted by atomic mass is 79.9. The Balaban J connectivity index is 1.45. The average molecular weight is 421 g/mol. The molecule has 132 valence electrons. The van der Waals surface area contributed by atoms with Crippen molar-refractivity contribution >= 4 is 33.2 Å². The van der Waals surface area contributed by atoms with Crippen molar-refractivity contribution in [2.45, 2.75) is 43.6 Å². The molecule has 4 nitrogen and oxygen atoms in total. The number of aromatic nitrogens is 1. The Morgan fingerprint density at radius 3 is 2.84 bits per heavy atom. The van der Waals surface area contributed by atoms with Gasteiger partial charge in [0.15, 0.2) is 0 Å². The fraction of sp³-hybridized carbons (Fsp3) is 0.474. The average Bonchev–Trinajstić information content (AvgIpc) is 3.38. The number of likely N-dealkylation sites (tertiary alicyclic amines) is 1. The van der Waals surface area contributed by atoms with Crippen molar-refractivity contribution < 1.29 is 9.53 Å². The third-order valence-electron chi connectivity index (χ3n) is 5.28. The molecule has 1 amide bonds. The van der Waals surface area contributed by atoms with Gasteiger partial charge in [0.05, 0.1) is 12.0 Å². The lowest BCUT2D eigenvalue weighted by Crippen LogP contribution is -2.44. The Morgan fingerprint density at radius 2 is 2.16 bits per heavy atom. The molecule has 1 saturated carbocycles. The Labute approximate surface area is 160 Å². The van der Waals surface area contributed by atoms with Gasteiger partial charge in [-0.1, -0.05) is 18.9 Å². The quantitative estimate of drug-likeness (QED) is 0.735. The van der Waals surface area contributed by atoms with Gasteiger partial charge in [0.2, 0.25) is 11.8 Å². The zero-order valence-corrected chi connectivity index (χ0v) is 16.4. The number of hydrogen-bond donors (Lipinski definition) is 0. The summed E-state index contributed by atoms with van der Waals surface area (Å²) in [6, 6.07) is 7.97. The molecule has 0 spiro atoms. The number of rotatable bonds is 4. The highest BCUT2D eigenvalue weighted by Crippen LogP contribution is 2.45. The number of hydrogen-bond acceptors (Lipinski definition) is 4. The summed E-state index contributed by atoms with van der Waals surface area (Å²) in [4.78, 5) is 20.9. The van der Waals surface area contributed by atoms with Crippen LogP contribution in [-0.2, 0) is 10.2 Å². The first-order valence-electron chi connectivity index (χ1n) is 8.79. The van der Waals surface area contributed by atoms with Crippen molar-refractivity contribution in [1.29, 1.82) is 0 Å². The van der Waals surface area contributed by atoms with Crippen LogP contribution in [0.3, 0.4) is 0 Å². The number of carbonyl (C=O) groups is 1. The Kier molecular flexibility index (Phi) is 4.82. The smallest absolute Gasteiger partial charge is 0.234 e. The molecule has 2 aromatic heterocycles. The number of amides is 1. The van der Waals surface area contributed by atoms with Crippen LogP contribution >= 0.6 is 27.3 Å². The van der Waals surface area contributed by atoms with E-state index in [0.29, 0.717) is 18.3 Å².